The molecule has 134 valence electrons. The van der Waals surface area contributed by atoms with Crippen LogP contribution in [0.2, 0.25) is 0 Å². The Hall–Kier alpha value is -1.50. The second-order valence-corrected chi connectivity index (χ2v) is 6.72. The van der Waals surface area contributed by atoms with Crippen molar-refractivity contribution in [1.29, 1.82) is 0 Å². The maximum Gasteiger partial charge on any atom is 0.203 e. The first-order valence-electron chi connectivity index (χ1n) is 8.36. The summed E-state index contributed by atoms with van der Waals surface area (Å²) >= 11 is 0. The monoisotopic (exact) mass is 337 g/mol. The molecule has 3 rings (SSSR count). The number of aliphatic hydroxyl groups is 1. The van der Waals surface area contributed by atoms with E-state index in [2.05, 4.69) is 4.90 Å². The third-order valence-corrected chi connectivity index (χ3v) is 5.38. The van der Waals surface area contributed by atoms with Gasteiger partial charge in [0.05, 0.1) is 34.5 Å². The molecule has 2 heterocycles. The Morgan fingerprint density at radius 2 is 2.00 bits per heavy atom. The minimum absolute atomic E-state index is 0.123. The van der Waals surface area contributed by atoms with E-state index in [0.29, 0.717) is 29.8 Å². The maximum atomic E-state index is 9.92. The van der Waals surface area contributed by atoms with E-state index in [4.69, 9.17) is 18.9 Å². The molecule has 2 aliphatic heterocycles. The van der Waals surface area contributed by atoms with Gasteiger partial charge >= 0.3 is 0 Å². The van der Waals surface area contributed by atoms with Crippen LogP contribution in [0.3, 0.4) is 0 Å². The maximum absolute atomic E-state index is 9.92. The first-order valence-corrected chi connectivity index (χ1v) is 8.36. The van der Waals surface area contributed by atoms with Gasteiger partial charge in [0.25, 0.3) is 0 Å². The molecular weight excluding hydrogens is 310 g/mol. The van der Waals surface area contributed by atoms with E-state index in [1.807, 2.05) is 12.1 Å². The molecule has 6 heteroatoms. The third kappa shape index (κ3) is 2.94. The zero-order valence-corrected chi connectivity index (χ0v) is 14.7. The van der Waals surface area contributed by atoms with Crippen LogP contribution in [0.4, 0.5) is 0 Å². The third-order valence-electron chi connectivity index (χ3n) is 5.38. The number of hydrogen-bond donors (Lipinski definition) is 1. The van der Waals surface area contributed by atoms with Gasteiger partial charge in [0.15, 0.2) is 11.5 Å². The van der Waals surface area contributed by atoms with Crippen LogP contribution < -0.4 is 14.2 Å². The highest BCUT2D eigenvalue weighted by molar-refractivity contribution is 5.55. The van der Waals surface area contributed by atoms with E-state index in [1.54, 1.807) is 21.3 Å². The van der Waals surface area contributed by atoms with Gasteiger partial charge < -0.3 is 24.1 Å². The zero-order valence-electron chi connectivity index (χ0n) is 14.7. The molecule has 1 N–H and O–H groups in total. The van der Waals surface area contributed by atoms with Gasteiger partial charge in [-0.3, -0.25) is 4.90 Å². The highest BCUT2D eigenvalue weighted by Gasteiger charge is 2.48. The van der Waals surface area contributed by atoms with Crippen molar-refractivity contribution < 1.29 is 24.1 Å². The summed E-state index contributed by atoms with van der Waals surface area (Å²) in [6.07, 6.45) is 1.01. The van der Waals surface area contributed by atoms with Crippen molar-refractivity contribution in [2.24, 2.45) is 11.3 Å². The molecule has 1 aromatic rings. The van der Waals surface area contributed by atoms with Crippen LogP contribution in [-0.2, 0) is 11.3 Å². The Morgan fingerprint density at radius 3 is 2.62 bits per heavy atom. The van der Waals surface area contributed by atoms with Gasteiger partial charge in [-0.05, 0) is 18.4 Å². The fourth-order valence-corrected chi connectivity index (χ4v) is 4.08. The predicted molar refractivity (Wildman–Crippen MR) is 89.8 cm³/mol. The Balaban J connectivity index is 1.82. The molecule has 0 spiro atoms. The average Bonchev–Trinajstić information content (AvgIpc) is 2.99. The molecule has 24 heavy (non-hydrogen) atoms. The van der Waals surface area contributed by atoms with Crippen molar-refractivity contribution in [3.05, 3.63) is 17.7 Å². The number of methoxy groups -OCH3 is 3. The van der Waals surface area contributed by atoms with E-state index in [0.717, 1.165) is 38.2 Å². The smallest absolute Gasteiger partial charge is 0.203 e. The molecule has 2 atom stereocenters. The van der Waals surface area contributed by atoms with Crippen LogP contribution in [-0.4, -0.2) is 64.2 Å². The molecule has 2 saturated heterocycles. The van der Waals surface area contributed by atoms with E-state index in [-0.39, 0.29) is 12.0 Å². The Kier molecular flexibility index (Phi) is 5.18. The highest BCUT2D eigenvalue weighted by atomic mass is 16.5. The molecule has 0 radical (unpaired) electrons. The van der Waals surface area contributed by atoms with Crippen LogP contribution in [0.1, 0.15) is 12.0 Å². The van der Waals surface area contributed by atoms with Crippen molar-refractivity contribution in [1.82, 2.24) is 4.90 Å². The lowest BCUT2D eigenvalue weighted by Gasteiger charge is -2.36. The summed E-state index contributed by atoms with van der Waals surface area (Å²) in [4.78, 5) is 2.37. The lowest BCUT2D eigenvalue weighted by atomic mass is 9.76. The molecule has 6 nitrogen and oxygen atoms in total. The number of aliphatic hydroxyl groups excluding tert-OH is 1. The van der Waals surface area contributed by atoms with Crippen LogP contribution in [0, 0.1) is 11.3 Å². The van der Waals surface area contributed by atoms with Crippen LogP contribution >= 0.6 is 0 Å². The molecule has 0 unspecified atom stereocenters. The fraction of sp³-hybridized carbons (Fsp3) is 0.667. The van der Waals surface area contributed by atoms with E-state index >= 15 is 0 Å². The fourth-order valence-electron chi connectivity index (χ4n) is 4.08. The molecule has 0 aliphatic carbocycles. The molecule has 2 fully saturated rings. The molecule has 2 aliphatic rings. The van der Waals surface area contributed by atoms with E-state index in [1.165, 1.54) is 0 Å². The predicted octanol–water partition coefficient (Wildman–Crippen LogP) is 1.54. The summed E-state index contributed by atoms with van der Waals surface area (Å²) in [5.74, 6) is 2.48. The highest BCUT2D eigenvalue weighted by Crippen LogP contribution is 2.44. The Bertz CT molecular complexity index is 579. The second-order valence-electron chi connectivity index (χ2n) is 6.72. The minimum Gasteiger partial charge on any atom is -0.493 e. The minimum atomic E-state index is -0.123. The number of likely N-dealkylation sites (tertiary alicyclic amines) is 1. The van der Waals surface area contributed by atoms with Crippen LogP contribution in [0.5, 0.6) is 17.2 Å². The summed E-state index contributed by atoms with van der Waals surface area (Å²) in [6.45, 7) is 4.18. The summed E-state index contributed by atoms with van der Waals surface area (Å²) in [7, 11) is 4.88. The first-order chi connectivity index (χ1) is 11.7. The van der Waals surface area contributed by atoms with Crippen LogP contribution in [0.15, 0.2) is 12.1 Å². The van der Waals surface area contributed by atoms with Gasteiger partial charge in [0.1, 0.15) is 0 Å². The number of rotatable bonds is 6. The largest absolute Gasteiger partial charge is 0.493 e. The molecule has 1 aromatic carbocycles. The van der Waals surface area contributed by atoms with E-state index in [9.17, 15) is 5.11 Å². The SMILES string of the molecule is COc1ccc(CN2C[C@@H]3CCOC[C@]3(CO)C2)c(OC)c1OC. The van der Waals surface area contributed by atoms with Gasteiger partial charge in [-0.2, -0.15) is 0 Å². The van der Waals surface area contributed by atoms with Crippen molar-refractivity contribution in [3.8, 4) is 17.2 Å². The summed E-state index contributed by atoms with van der Waals surface area (Å²) < 4.78 is 22.0. The molecule has 0 aromatic heterocycles. The van der Waals surface area contributed by atoms with Gasteiger partial charge in [0, 0.05) is 37.2 Å². The van der Waals surface area contributed by atoms with Crippen LogP contribution in [0.25, 0.3) is 0 Å². The lowest BCUT2D eigenvalue weighted by Crippen LogP contribution is -2.42. The molecule has 0 bridgehead atoms. The normalized spacial score (nSPS) is 26.9. The van der Waals surface area contributed by atoms with Crippen molar-refractivity contribution in [2.45, 2.75) is 13.0 Å². The molecule has 0 amide bonds. The zero-order chi connectivity index (χ0) is 17.2. The van der Waals surface area contributed by atoms with Gasteiger partial charge in [-0.1, -0.05) is 6.07 Å². The average molecular weight is 337 g/mol. The Labute approximate surface area is 143 Å². The second kappa shape index (κ2) is 7.17. The standard InChI is InChI=1S/C18H27NO5/c1-21-15-5-4-13(16(22-2)17(15)23-3)8-19-9-14-6-7-24-12-18(14,10-19)11-20/h4-5,14,20H,6-12H2,1-3H3/t14-,18+/m0/s1. The topological polar surface area (TPSA) is 60.4 Å². The summed E-state index contributed by atoms with van der Waals surface area (Å²) in [5, 5.41) is 9.92. The molecule has 0 saturated carbocycles. The van der Waals surface area contributed by atoms with E-state index < -0.39 is 0 Å². The quantitative estimate of drug-likeness (QED) is 0.850. The van der Waals surface area contributed by atoms with Crippen molar-refractivity contribution in [3.63, 3.8) is 0 Å². The van der Waals surface area contributed by atoms with Crippen molar-refractivity contribution in [2.75, 3.05) is 54.2 Å². The number of fused-ring (bicyclic) bond motifs is 1. The van der Waals surface area contributed by atoms with Gasteiger partial charge in [-0.25, -0.2) is 0 Å². The number of nitrogens with zero attached hydrogens (tertiary/aromatic N) is 1. The Morgan fingerprint density at radius 1 is 1.21 bits per heavy atom. The number of hydrogen-bond acceptors (Lipinski definition) is 6. The van der Waals surface area contributed by atoms with Gasteiger partial charge in [0.2, 0.25) is 5.75 Å². The summed E-state index contributed by atoms with van der Waals surface area (Å²) in [6, 6.07) is 3.93. The van der Waals surface area contributed by atoms with Gasteiger partial charge in [-0.15, -0.1) is 0 Å². The van der Waals surface area contributed by atoms with Crippen molar-refractivity contribution >= 4 is 0 Å². The molecular formula is C18H27NO5. The number of ether oxygens (including phenoxy) is 4. The first kappa shape index (κ1) is 17.3. The summed E-state index contributed by atoms with van der Waals surface area (Å²) in [5.41, 5.74) is 0.935. The lowest BCUT2D eigenvalue weighted by molar-refractivity contribution is -0.0561. The number of benzene rings is 1.